The monoisotopic (exact) mass is 252 g/mol. The Hall–Kier alpha value is -1.36. The first-order chi connectivity index (χ1) is 8.67. The first-order valence-electron chi connectivity index (χ1n) is 6.64. The van der Waals surface area contributed by atoms with Gasteiger partial charge in [0.25, 0.3) is 0 Å². The Bertz CT molecular complexity index is 358. The third-order valence-corrected chi connectivity index (χ3v) is 3.12. The van der Waals surface area contributed by atoms with E-state index in [1.165, 1.54) is 0 Å². The highest BCUT2D eigenvalue weighted by Crippen LogP contribution is 1.97. The summed E-state index contributed by atoms with van der Waals surface area (Å²) in [4.78, 5) is 13.9. The lowest BCUT2D eigenvalue weighted by molar-refractivity contribution is -0.121. The van der Waals surface area contributed by atoms with E-state index in [2.05, 4.69) is 29.2 Å². The molecule has 1 heterocycles. The molecule has 0 aliphatic rings. The van der Waals surface area contributed by atoms with Crippen LogP contribution in [0, 0.1) is 6.92 Å². The number of rotatable bonds is 8. The molecular formula is C13H24N4O. The van der Waals surface area contributed by atoms with Gasteiger partial charge in [0.2, 0.25) is 5.91 Å². The summed E-state index contributed by atoms with van der Waals surface area (Å²) in [6, 6.07) is 1.94. The van der Waals surface area contributed by atoms with Crippen LogP contribution in [0.25, 0.3) is 0 Å². The van der Waals surface area contributed by atoms with Crippen molar-refractivity contribution in [2.45, 2.75) is 33.7 Å². The van der Waals surface area contributed by atoms with Crippen molar-refractivity contribution in [1.29, 1.82) is 0 Å². The van der Waals surface area contributed by atoms with Crippen molar-refractivity contribution in [1.82, 2.24) is 20.0 Å². The highest BCUT2D eigenvalue weighted by molar-refractivity contribution is 5.75. The van der Waals surface area contributed by atoms with E-state index in [1.54, 1.807) is 6.20 Å². The van der Waals surface area contributed by atoms with Gasteiger partial charge >= 0.3 is 0 Å². The number of nitrogens with zero attached hydrogens (tertiary/aromatic N) is 3. The Kier molecular flexibility index (Phi) is 6.43. The summed E-state index contributed by atoms with van der Waals surface area (Å²) >= 11 is 0. The minimum Gasteiger partial charge on any atom is -0.355 e. The molecule has 0 unspecified atom stereocenters. The lowest BCUT2D eigenvalue weighted by Gasteiger charge is -2.17. The third kappa shape index (κ3) is 4.87. The summed E-state index contributed by atoms with van der Waals surface area (Å²) < 4.78 is 1.85. The van der Waals surface area contributed by atoms with Gasteiger partial charge in [-0.1, -0.05) is 13.8 Å². The SMILES string of the molecule is CCN(CC)CCNC(=O)CCn1nccc1C. The van der Waals surface area contributed by atoms with Crippen LogP contribution in [0.15, 0.2) is 12.3 Å². The number of aromatic nitrogens is 2. The predicted molar refractivity (Wildman–Crippen MR) is 72.4 cm³/mol. The molecule has 5 nitrogen and oxygen atoms in total. The second-order valence-corrected chi connectivity index (χ2v) is 4.32. The standard InChI is InChI=1S/C13H24N4O/c1-4-16(5-2)11-9-14-13(18)7-10-17-12(3)6-8-15-17/h6,8H,4-5,7,9-11H2,1-3H3,(H,14,18). The van der Waals surface area contributed by atoms with E-state index in [4.69, 9.17) is 0 Å². The molecule has 0 fully saturated rings. The zero-order valence-electron chi connectivity index (χ0n) is 11.6. The van der Waals surface area contributed by atoms with Gasteiger partial charge in [0.15, 0.2) is 0 Å². The number of carbonyl (C=O) groups excluding carboxylic acids is 1. The molecule has 0 saturated carbocycles. The summed E-state index contributed by atoms with van der Waals surface area (Å²) in [7, 11) is 0. The predicted octanol–water partition coefficient (Wildman–Crippen LogP) is 1.04. The van der Waals surface area contributed by atoms with Crippen LogP contribution in [0.1, 0.15) is 26.0 Å². The van der Waals surface area contributed by atoms with Gasteiger partial charge in [-0.2, -0.15) is 5.10 Å². The zero-order valence-corrected chi connectivity index (χ0v) is 11.6. The van der Waals surface area contributed by atoms with Crippen molar-refractivity contribution in [3.8, 4) is 0 Å². The largest absolute Gasteiger partial charge is 0.355 e. The molecule has 5 heteroatoms. The average Bonchev–Trinajstić information content (AvgIpc) is 2.78. The molecule has 0 saturated heterocycles. The van der Waals surface area contributed by atoms with Crippen molar-refractivity contribution < 1.29 is 4.79 Å². The molecule has 0 bridgehead atoms. The summed E-state index contributed by atoms with van der Waals surface area (Å²) in [5.41, 5.74) is 1.09. The first kappa shape index (κ1) is 14.7. The Morgan fingerprint density at radius 1 is 1.44 bits per heavy atom. The van der Waals surface area contributed by atoms with Crippen LogP contribution in [0.4, 0.5) is 0 Å². The number of aryl methyl sites for hydroxylation is 2. The summed E-state index contributed by atoms with van der Waals surface area (Å²) in [6.07, 6.45) is 2.24. The molecule has 0 atom stereocenters. The molecular weight excluding hydrogens is 228 g/mol. The van der Waals surface area contributed by atoms with Gasteiger partial charge in [0, 0.05) is 37.9 Å². The van der Waals surface area contributed by atoms with E-state index in [-0.39, 0.29) is 5.91 Å². The van der Waals surface area contributed by atoms with Crippen LogP contribution in [0.5, 0.6) is 0 Å². The van der Waals surface area contributed by atoms with Crippen LogP contribution >= 0.6 is 0 Å². The Morgan fingerprint density at radius 3 is 2.72 bits per heavy atom. The molecule has 1 amide bonds. The topological polar surface area (TPSA) is 50.2 Å². The van der Waals surface area contributed by atoms with Crippen LogP contribution in [-0.4, -0.2) is 46.8 Å². The van der Waals surface area contributed by atoms with Crippen LogP contribution < -0.4 is 5.32 Å². The number of amides is 1. The summed E-state index contributed by atoms with van der Waals surface area (Å²) in [6.45, 7) is 10.6. The van der Waals surface area contributed by atoms with Gasteiger partial charge in [0.05, 0.1) is 0 Å². The molecule has 1 aromatic rings. The first-order valence-corrected chi connectivity index (χ1v) is 6.64. The van der Waals surface area contributed by atoms with Gasteiger partial charge in [-0.05, 0) is 26.1 Å². The maximum Gasteiger partial charge on any atom is 0.221 e. The van der Waals surface area contributed by atoms with Gasteiger partial charge in [0.1, 0.15) is 0 Å². The van der Waals surface area contributed by atoms with Crippen molar-refractivity contribution in [2.24, 2.45) is 0 Å². The summed E-state index contributed by atoms with van der Waals surface area (Å²) in [5.74, 6) is 0.0945. The quantitative estimate of drug-likeness (QED) is 0.752. The maximum atomic E-state index is 11.6. The van der Waals surface area contributed by atoms with Crippen LogP contribution in [0.2, 0.25) is 0 Å². The second-order valence-electron chi connectivity index (χ2n) is 4.32. The minimum absolute atomic E-state index is 0.0945. The number of nitrogens with one attached hydrogen (secondary N) is 1. The molecule has 1 aromatic heterocycles. The van der Waals surface area contributed by atoms with Crippen molar-refractivity contribution >= 4 is 5.91 Å². The molecule has 0 aromatic carbocycles. The van der Waals surface area contributed by atoms with E-state index >= 15 is 0 Å². The molecule has 1 N–H and O–H groups in total. The van der Waals surface area contributed by atoms with E-state index in [9.17, 15) is 4.79 Å². The summed E-state index contributed by atoms with van der Waals surface area (Å²) in [5, 5.41) is 7.09. The molecule has 102 valence electrons. The van der Waals surface area contributed by atoms with Crippen LogP contribution in [0.3, 0.4) is 0 Å². The maximum absolute atomic E-state index is 11.6. The highest BCUT2D eigenvalue weighted by Gasteiger charge is 2.04. The second kappa shape index (κ2) is 7.87. The molecule has 0 radical (unpaired) electrons. The Morgan fingerprint density at radius 2 is 2.17 bits per heavy atom. The molecule has 18 heavy (non-hydrogen) atoms. The smallest absolute Gasteiger partial charge is 0.221 e. The van der Waals surface area contributed by atoms with E-state index in [0.717, 1.165) is 31.9 Å². The fourth-order valence-electron chi connectivity index (χ4n) is 1.82. The lowest BCUT2D eigenvalue weighted by Crippen LogP contribution is -2.35. The van der Waals surface area contributed by atoms with Gasteiger partial charge in [-0.25, -0.2) is 0 Å². The fraction of sp³-hybridized carbons (Fsp3) is 0.692. The third-order valence-electron chi connectivity index (χ3n) is 3.12. The van der Waals surface area contributed by atoms with E-state index in [1.807, 2.05) is 17.7 Å². The lowest BCUT2D eigenvalue weighted by atomic mass is 10.3. The number of hydrogen-bond acceptors (Lipinski definition) is 3. The number of carbonyl (C=O) groups is 1. The molecule has 0 spiro atoms. The highest BCUT2D eigenvalue weighted by atomic mass is 16.1. The van der Waals surface area contributed by atoms with Crippen LogP contribution in [-0.2, 0) is 11.3 Å². The molecule has 0 aliphatic heterocycles. The minimum atomic E-state index is 0.0945. The Labute approximate surface area is 109 Å². The fourth-order valence-corrected chi connectivity index (χ4v) is 1.82. The van der Waals surface area contributed by atoms with Gasteiger partial charge in [-0.15, -0.1) is 0 Å². The van der Waals surface area contributed by atoms with Crippen molar-refractivity contribution in [3.05, 3.63) is 18.0 Å². The normalized spacial score (nSPS) is 10.9. The Balaban J connectivity index is 2.16. The number of hydrogen-bond donors (Lipinski definition) is 1. The van der Waals surface area contributed by atoms with E-state index < -0.39 is 0 Å². The van der Waals surface area contributed by atoms with Crippen molar-refractivity contribution in [2.75, 3.05) is 26.2 Å². The zero-order chi connectivity index (χ0) is 13.4. The van der Waals surface area contributed by atoms with Gasteiger partial charge < -0.3 is 10.2 Å². The van der Waals surface area contributed by atoms with E-state index in [0.29, 0.717) is 13.0 Å². The van der Waals surface area contributed by atoms with Gasteiger partial charge in [-0.3, -0.25) is 9.48 Å². The van der Waals surface area contributed by atoms with Crippen molar-refractivity contribution in [3.63, 3.8) is 0 Å². The molecule has 1 rings (SSSR count). The molecule has 0 aliphatic carbocycles. The average molecular weight is 252 g/mol. The number of likely N-dealkylation sites (N-methyl/N-ethyl adjacent to an activating group) is 1.